The van der Waals surface area contributed by atoms with Crippen LogP contribution < -0.4 is 15.5 Å². The number of hydrogen-bond acceptors (Lipinski definition) is 8. The number of likely N-dealkylation sites (N-methyl/N-ethyl adjacent to an activating group) is 1. The topological polar surface area (TPSA) is 138 Å². The number of hydrogen-bond donors (Lipinski definition) is 2. The zero-order valence-electron chi connectivity index (χ0n) is 24.5. The number of nitrogens with zero attached hydrogens (tertiary/aromatic N) is 7. The average Bonchev–Trinajstić information content (AvgIpc) is 3.89. The molecule has 0 unspecified atom stereocenters. The van der Waals surface area contributed by atoms with Gasteiger partial charge in [-0.15, -0.1) is 0 Å². The molecular weight excluding hydrogens is 546 g/mol. The van der Waals surface area contributed by atoms with E-state index in [1.165, 1.54) is 11.9 Å². The van der Waals surface area contributed by atoms with Gasteiger partial charge in [0.2, 0.25) is 11.8 Å². The molecule has 4 aromatic rings. The van der Waals surface area contributed by atoms with Crippen LogP contribution in [-0.4, -0.2) is 60.7 Å². The number of fused-ring (bicyclic) bond motifs is 1. The van der Waals surface area contributed by atoms with Crippen LogP contribution in [0.15, 0.2) is 42.9 Å². The summed E-state index contributed by atoms with van der Waals surface area (Å²) in [5, 5.41) is 6.46. The maximum Gasteiger partial charge on any atom is 0.331 e. The van der Waals surface area contributed by atoms with Crippen molar-refractivity contribution in [1.82, 2.24) is 29.2 Å². The highest BCUT2D eigenvalue weighted by atomic mass is 16.2. The Morgan fingerprint density at radius 1 is 1.05 bits per heavy atom. The first-order valence-corrected chi connectivity index (χ1v) is 14.6. The predicted octanol–water partition coefficient (Wildman–Crippen LogP) is 4.33. The number of imidazole rings is 1. The van der Waals surface area contributed by atoms with Crippen molar-refractivity contribution < 1.29 is 14.4 Å². The van der Waals surface area contributed by atoms with Gasteiger partial charge in [0.1, 0.15) is 18.2 Å². The van der Waals surface area contributed by atoms with Gasteiger partial charge in [-0.2, -0.15) is 0 Å². The van der Waals surface area contributed by atoms with Crippen molar-refractivity contribution in [3.8, 4) is 0 Å². The van der Waals surface area contributed by atoms with Gasteiger partial charge in [0, 0.05) is 60.6 Å². The second kappa shape index (κ2) is 10.1. The van der Waals surface area contributed by atoms with Crippen LogP contribution in [0.25, 0.3) is 5.65 Å². The Bertz CT molecular complexity index is 1800. The summed E-state index contributed by atoms with van der Waals surface area (Å²) in [6, 6.07) is 6.92. The van der Waals surface area contributed by atoms with E-state index < -0.39 is 0 Å². The minimum absolute atomic E-state index is 0.00353. The van der Waals surface area contributed by atoms with Gasteiger partial charge in [-0.25, -0.2) is 24.7 Å². The van der Waals surface area contributed by atoms with Crippen LogP contribution in [0.3, 0.4) is 0 Å². The number of nitrogens with one attached hydrogen (secondary N) is 2. The number of imide groups is 1. The SMILES string of the molecule is Cc1cc(NC(=O)[C@H]2C[C@@H]2c2nccc(C)n2)cc(N[C@H](C)c2cn3cc(C4CC4)cc(N4CC(=O)N(C)C4=O)c3n2)n1. The predicted molar refractivity (Wildman–Crippen MR) is 160 cm³/mol. The highest BCUT2D eigenvalue weighted by Gasteiger charge is 2.46. The lowest BCUT2D eigenvalue weighted by Crippen LogP contribution is -2.30. The van der Waals surface area contributed by atoms with E-state index in [-0.39, 0.29) is 42.3 Å². The number of carbonyl (C=O) groups excluding carboxylic acids is 3. The normalized spacial score (nSPS) is 20.6. The zero-order valence-corrected chi connectivity index (χ0v) is 24.5. The highest BCUT2D eigenvalue weighted by molar-refractivity contribution is 6.13. The highest BCUT2D eigenvalue weighted by Crippen LogP contribution is 2.46. The second-order valence-corrected chi connectivity index (χ2v) is 11.9. The average molecular weight is 580 g/mol. The number of urea groups is 1. The molecule has 4 amide bonds. The Morgan fingerprint density at radius 2 is 1.86 bits per heavy atom. The lowest BCUT2D eigenvalue weighted by atomic mass is 10.1. The molecule has 1 aliphatic heterocycles. The van der Waals surface area contributed by atoms with Crippen molar-refractivity contribution in [1.29, 1.82) is 0 Å². The molecule has 12 heteroatoms. The molecule has 0 aromatic carbocycles. The van der Waals surface area contributed by atoms with Crippen molar-refractivity contribution in [2.75, 3.05) is 29.1 Å². The smallest absolute Gasteiger partial charge is 0.331 e. The molecule has 43 heavy (non-hydrogen) atoms. The summed E-state index contributed by atoms with van der Waals surface area (Å²) in [5.41, 5.74) is 5.46. The number of rotatable bonds is 8. The molecule has 220 valence electrons. The summed E-state index contributed by atoms with van der Waals surface area (Å²) in [6.45, 7) is 5.79. The Labute approximate surface area is 248 Å². The Hall–Kier alpha value is -4.87. The lowest BCUT2D eigenvalue weighted by Gasteiger charge is -2.17. The lowest BCUT2D eigenvalue weighted by molar-refractivity contribution is -0.124. The third kappa shape index (κ3) is 5.17. The fraction of sp³-hybridized carbons (Fsp3) is 0.387. The molecule has 3 aliphatic rings. The minimum atomic E-state index is -0.349. The summed E-state index contributed by atoms with van der Waals surface area (Å²) in [4.78, 5) is 59.2. The molecule has 7 rings (SSSR count). The van der Waals surface area contributed by atoms with Gasteiger partial charge in [0.05, 0.1) is 17.4 Å². The first-order chi connectivity index (χ1) is 20.6. The maximum absolute atomic E-state index is 13.0. The fourth-order valence-electron chi connectivity index (χ4n) is 5.72. The van der Waals surface area contributed by atoms with E-state index in [1.54, 1.807) is 6.20 Å². The Kier molecular flexibility index (Phi) is 6.37. The molecule has 5 heterocycles. The van der Waals surface area contributed by atoms with Gasteiger partial charge in [0.15, 0.2) is 5.65 Å². The standard InChI is InChI=1S/C31H33N9O3/c1-16-7-8-32-28(34-16)22-12-23(22)30(42)36-21-9-17(2)33-26(11-21)35-18(3)24-14-39-13-20(19-5-6-19)10-25(29(39)37-24)40-15-27(41)38(4)31(40)43/h7-11,13-14,18-19,22-23H,5-6,12,15H2,1-4H3,(H2,33,35,36,42)/t18-,22+,23+/m1/s1. The Balaban J connectivity index is 1.10. The van der Waals surface area contributed by atoms with Crippen LogP contribution in [0.5, 0.6) is 0 Å². The van der Waals surface area contributed by atoms with Crippen LogP contribution >= 0.6 is 0 Å². The van der Waals surface area contributed by atoms with Crippen molar-refractivity contribution in [3.05, 3.63) is 71.3 Å². The monoisotopic (exact) mass is 579 g/mol. The largest absolute Gasteiger partial charge is 0.362 e. The molecule has 2 aliphatic carbocycles. The number of aromatic nitrogens is 5. The number of aryl methyl sites for hydroxylation is 2. The molecule has 12 nitrogen and oxygen atoms in total. The second-order valence-electron chi connectivity index (χ2n) is 11.9. The van der Waals surface area contributed by atoms with E-state index in [0.717, 1.165) is 52.6 Å². The van der Waals surface area contributed by atoms with Crippen LogP contribution in [0.2, 0.25) is 0 Å². The van der Waals surface area contributed by atoms with Gasteiger partial charge in [0.25, 0.3) is 0 Å². The van der Waals surface area contributed by atoms with Crippen molar-refractivity contribution in [2.24, 2.45) is 5.92 Å². The van der Waals surface area contributed by atoms with Crippen LogP contribution in [0.1, 0.15) is 72.5 Å². The summed E-state index contributed by atoms with van der Waals surface area (Å²) in [5.74, 6) is 1.36. The molecule has 4 aromatic heterocycles. The molecule has 0 bridgehead atoms. The van der Waals surface area contributed by atoms with E-state index in [1.807, 2.05) is 55.6 Å². The molecule has 0 radical (unpaired) electrons. The molecule has 2 saturated carbocycles. The van der Waals surface area contributed by atoms with Crippen molar-refractivity contribution in [2.45, 2.75) is 57.9 Å². The first kappa shape index (κ1) is 27.0. The number of pyridine rings is 2. The molecule has 1 saturated heterocycles. The van der Waals surface area contributed by atoms with Gasteiger partial charge in [-0.1, -0.05) is 0 Å². The summed E-state index contributed by atoms with van der Waals surface area (Å²) in [7, 11) is 1.50. The minimum Gasteiger partial charge on any atom is -0.362 e. The summed E-state index contributed by atoms with van der Waals surface area (Å²) < 4.78 is 1.95. The van der Waals surface area contributed by atoms with E-state index in [2.05, 4.69) is 31.8 Å². The third-order valence-electron chi connectivity index (χ3n) is 8.40. The van der Waals surface area contributed by atoms with E-state index in [4.69, 9.17) is 4.98 Å². The van der Waals surface area contributed by atoms with Crippen LogP contribution in [-0.2, 0) is 9.59 Å². The third-order valence-corrected chi connectivity index (χ3v) is 8.40. The number of carbonyl (C=O) groups is 3. The van der Waals surface area contributed by atoms with Gasteiger partial charge >= 0.3 is 6.03 Å². The number of amides is 4. The molecule has 0 spiro atoms. The zero-order chi connectivity index (χ0) is 30.0. The molecule has 3 fully saturated rings. The van der Waals surface area contributed by atoms with Crippen LogP contribution in [0, 0.1) is 19.8 Å². The van der Waals surface area contributed by atoms with Crippen molar-refractivity contribution >= 4 is 40.7 Å². The van der Waals surface area contributed by atoms with Gasteiger partial charge in [-0.05, 0) is 69.7 Å². The Morgan fingerprint density at radius 3 is 2.58 bits per heavy atom. The maximum atomic E-state index is 13.0. The quantitative estimate of drug-likeness (QED) is 0.294. The summed E-state index contributed by atoms with van der Waals surface area (Å²) >= 11 is 0. The fourth-order valence-corrected chi connectivity index (χ4v) is 5.72. The van der Waals surface area contributed by atoms with E-state index in [0.29, 0.717) is 28.8 Å². The first-order valence-electron chi connectivity index (χ1n) is 14.6. The van der Waals surface area contributed by atoms with Crippen molar-refractivity contribution in [3.63, 3.8) is 0 Å². The van der Waals surface area contributed by atoms with Gasteiger partial charge < -0.3 is 15.0 Å². The molecule has 2 N–H and O–H groups in total. The molecule has 3 atom stereocenters. The van der Waals surface area contributed by atoms with E-state index in [9.17, 15) is 14.4 Å². The van der Waals surface area contributed by atoms with Gasteiger partial charge in [-0.3, -0.25) is 19.4 Å². The number of anilines is 3. The van der Waals surface area contributed by atoms with E-state index >= 15 is 0 Å². The van der Waals surface area contributed by atoms with Crippen LogP contribution in [0.4, 0.5) is 22.0 Å². The summed E-state index contributed by atoms with van der Waals surface area (Å²) in [6.07, 6.45) is 8.70. The molecular formula is C31H33N9O3.